The second-order valence-electron chi connectivity index (χ2n) is 7.09. The van der Waals surface area contributed by atoms with Crippen molar-refractivity contribution >= 4 is 34.1 Å². The molecule has 0 spiro atoms. The average Bonchev–Trinajstić information content (AvgIpc) is 3.09. The van der Waals surface area contributed by atoms with Crippen molar-refractivity contribution in [2.45, 2.75) is 19.6 Å². The number of anilines is 3. The van der Waals surface area contributed by atoms with E-state index in [1.165, 1.54) is 4.68 Å². The molecular formula is C24H24N4O3. The minimum atomic E-state index is -0.830. The topological polar surface area (TPSA) is 102 Å². The Morgan fingerprint density at radius 1 is 1.10 bits per heavy atom. The SMILES string of the molecule is CCOC(=O)c1c(Nc2cccc3ccccc23)nn(CC(O)c2ccccc2)c1N. The Kier molecular flexibility index (Phi) is 5.86. The van der Waals surface area contributed by atoms with Gasteiger partial charge in [-0.1, -0.05) is 66.7 Å². The van der Waals surface area contributed by atoms with Crippen molar-refractivity contribution in [2.75, 3.05) is 17.7 Å². The predicted octanol–water partition coefficient (Wildman–Crippen LogP) is 4.27. The molecule has 3 aromatic carbocycles. The minimum absolute atomic E-state index is 0.0967. The highest BCUT2D eigenvalue weighted by molar-refractivity contribution is 6.02. The fraction of sp³-hybridized carbons (Fsp3) is 0.167. The average molecular weight is 416 g/mol. The van der Waals surface area contributed by atoms with Crippen molar-refractivity contribution in [2.24, 2.45) is 0 Å². The maximum Gasteiger partial charge on any atom is 0.345 e. The van der Waals surface area contributed by atoms with Gasteiger partial charge in [0.05, 0.1) is 19.3 Å². The number of rotatable bonds is 7. The first-order chi connectivity index (χ1) is 15.1. The van der Waals surface area contributed by atoms with Gasteiger partial charge in [-0.15, -0.1) is 0 Å². The molecule has 0 aliphatic heterocycles. The van der Waals surface area contributed by atoms with E-state index >= 15 is 0 Å². The Morgan fingerprint density at radius 3 is 2.58 bits per heavy atom. The number of ether oxygens (including phenoxy) is 1. The molecule has 0 aliphatic carbocycles. The molecule has 1 heterocycles. The van der Waals surface area contributed by atoms with E-state index in [1.54, 1.807) is 6.92 Å². The van der Waals surface area contributed by atoms with Gasteiger partial charge < -0.3 is 20.9 Å². The molecule has 0 radical (unpaired) electrons. The van der Waals surface area contributed by atoms with E-state index in [9.17, 15) is 9.90 Å². The predicted molar refractivity (Wildman–Crippen MR) is 121 cm³/mol. The third kappa shape index (κ3) is 4.22. The second-order valence-corrected chi connectivity index (χ2v) is 7.09. The van der Waals surface area contributed by atoms with Gasteiger partial charge in [-0.05, 0) is 23.9 Å². The van der Waals surface area contributed by atoms with E-state index in [0.717, 1.165) is 22.0 Å². The molecule has 158 valence electrons. The van der Waals surface area contributed by atoms with Crippen molar-refractivity contribution in [3.8, 4) is 0 Å². The van der Waals surface area contributed by atoms with Gasteiger partial charge in [0.2, 0.25) is 0 Å². The third-order valence-electron chi connectivity index (χ3n) is 5.04. The summed E-state index contributed by atoms with van der Waals surface area (Å²) in [6.07, 6.45) is -0.830. The second kappa shape index (κ2) is 8.89. The molecule has 1 atom stereocenters. The third-order valence-corrected chi connectivity index (χ3v) is 5.04. The van der Waals surface area contributed by atoms with Crippen molar-refractivity contribution in [3.63, 3.8) is 0 Å². The number of aromatic nitrogens is 2. The van der Waals surface area contributed by atoms with Gasteiger partial charge in [-0.3, -0.25) is 0 Å². The number of fused-ring (bicyclic) bond motifs is 1. The number of carbonyl (C=O) groups is 1. The number of nitrogens with two attached hydrogens (primary N) is 1. The van der Waals surface area contributed by atoms with Crippen LogP contribution in [0.4, 0.5) is 17.3 Å². The van der Waals surface area contributed by atoms with Crippen LogP contribution in [0.1, 0.15) is 28.9 Å². The molecular weight excluding hydrogens is 392 g/mol. The van der Waals surface area contributed by atoms with Gasteiger partial charge in [0.25, 0.3) is 0 Å². The van der Waals surface area contributed by atoms with E-state index < -0.39 is 12.1 Å². The standard InChI is InChI=1S/C24H24N4O3/c1-2-31-24(30)21-22(25)28(15-20(29)17-10-4-3-5-11-17)27-23(21)26-19-14-8-12-16-9-6-7-13-18(16)19/h3-14,20,29H,2,15,25H2,1H3,(H,26,27). The van der Waals surface area contributed by atoms with Gasteiger partial charge in [0.15, 0.2) is 5.82 Å². The number of aliphatic hydroxyl groups is 1. The summed E-state index contributed by atoms with van der Waals surface area (Å²) in [6, 6.07) is 23.0. The highest BCUT2D eigenvalue weighted by Crippen LogP contribution is 2.31. The van der Waals surface area contributed by atoms with Gasteiger partial charge in [-0.25, -0.2) is 9.48 Å². The lowest BCUT2D eigenvalue weighted by Crippen LogP contribution is -2.14. The molecule has 4 rings (SSSR count). The largest absolute Gasteiger partial charge is 0.462 e. The highest BCUT2D eigenvalue weighted by atomic mass is 16.5. The normalized spacial score (nSPS) is 11.9. The maximum atomic E-state index is 12.7. The van der Waals surface area contributed by atoms with Crippen LogP contribution in [0.25, 0.3) is 10.8 Å². The zero-order valence-corrected chi connectivity index (χ0v) is 17.2. The van der Waals surface area contributed by atoms with Gasteiger partial charge in [0.1, 0.15) is 11.4 Å². The Hall–Kier alpha value is -3.84. The lowest BCUT2D eigenvalue weighted by Gasteiger charge is -2.12. The Bertz CT molecular complexity index is 1200. The molecule has 0 bridgehead atoms. The quantitative estimate of drug-likeness (QED) is 0.389. The molecule has 4 aromatic rings. The number of aliphatic hydroxyl groups excluding tert-OH is 1. The van der Waals surface area contributed by atoms with Gasteiger partial charge >= 0.3 is 5.97 Å². The summed E-state index contributed by atoms with van der Waals surface area (Å²) in [5.74, 6) is -0.146. The Labute approximate surface area is 180 Å². The first-order valence-electron chi connectivity index (χ1n) is 10.1. The van der Waals surface area contributed by atoms with Crippen LogP contribution < -0.4 is 11.1 Å². The number of nitrogens with zero attached hydrogens (tertiary/aromatic N) is 2. The summed E-state index contributed by atoms with van der Waals surface area (Å²) in [7, 11) is 0. The number of nitrogen functional groups attached to an aromatic ring is 1. The number of nitrogens with one attached hydrogen (secondary N) is 1. The summed E-state index contributed by atoms with van der Waals surface area (Å²) in [5, 5.41) is 20.4. The zero-order chi connectivity index (χ0) is 21.8. The van der Waals surface area contributed by atoms with Crippen LogP contribution in [0, 0.1) is 0 Å². The lowest BCUT2D eigenvalue weighted by molar-refractivity contribution is 0.0528. The van der Waals surface area contributed by atoms with Gasteiger partial charge in [-0.2, -0.15) is 5.10 Å². The first kappa shape index (κ1) is 20.4. The summed E-state index contributed by atoms with van der Waals surface area (Å²) in [4.78, 5) is 12.7. The van der Waals surface area contributed by atoms with E-state index in [2.05, 4.69) is 10.4 Å². The molecule has 0 saturated carbocycles. The molecule has 0 aliphatic rings. The van der Waals surface area contributed by atoms with Crippen LogP contribution in [0.2, 0.25) is 0 Å². The molecule has 1 unspecified atom stereocenters. The molecule has 7 nitrogen and oxygen atoms in total. The number of esters is 1. The molecule has 0 saturated heterocycles. The summed E-state index contributed by atoms with van der Waals surface area (Å²) in [5.41, 5.74) is 7.95. The summed E-state index contributed by atoms with van der Waals surface area (Å²) >= 11 is 0. The highest BCUT2D eigenvalue weighted by Gasteiger charge is 2.25. The monoisotopic (exact) mass is 416 g/mol. The van der Waals surface area contributed by atoms with E-state index in [4.69, 9.17) is 10.5 Å². The Morgan fingerprint density at radius 2 is 1.81 bits per heavy atom. The lowest BCUT2D eigenvalue weighted by atomic mass is 10.1. The van der Waals surface area contributed by atoms with Crippen molar-refractivity contribution < 1.29 is 14.6 Å². The van der Waals surface area contributed by atoms with Crippen LogP contribution >= 0.6 is 0 Å². The summed E-state index contributed by atoms with van der Waals surface area (Å²) < 4.78 is 6.63. The summed E-state index contributed by atoms with van der Waals surface area (Å²) in [6.45, 7) is 2.04. The van der Waals surface area contributed by atoms with E-state index in [1.807, 2.05) is 72.8 Å². The minimum Gasteiger partial charge on any atom is -0.462 e. The molecule has 4 N–H and O–H groups in total. The fourth-order valence-electron chi connectivity index (χ4n) is 3.51. The van der Waals surface area contributed by atoms with Crippen LogP contribution in [-0.2, 0) is 11.3 Å². The smallest absolute Gasteiger partial charge is 0.345 e. The van der Waals surface area contributed by atoms with Crippen LogP contribution in [-0.4, -0.2) is 27.5 Å². The van der Waals surface area contributed by atoms with Crippen LogP contribution in [0.3, 0.4) is 0 Å². The van der Waals surface area contributed by atoms with Gasteiger partial charge in [0, 0.05) is 11.1 Å². The van der Waals surface area contributed by atoms with Crippen molar-refractivity contribution in [3.05, 3.63) is 83.9 Å². The van der Waals surface area contributed by atoms with Crippen molar-refractivity contribution in [1.82, 2.24) is 9.78 Å². The molecule has 0 fully saturated rings. The number of hydrogen-bond acceptors (Lipinski definition) is 6. The van der Waals surface area contributed by atoms with Crippen LogP contribution in [0.15, 0.2) is 72.8 Å². The maximum absolute atomic E-state index is 12.7. The molecule has 31 heavy (non-hydrogen) atoms. The molecule has 7 heteroatoms. The van der Waals surface area contributed by atoms with E-state index in [0.29, 0.717) is 0 Å². The zero-order valence-electron chi connectivity index (χ0n) is 17.2. The first-order valence-corrected chi connectivity index (χ1v) is 10.1. The number of carbonyl (C=O) groups excluding carboxylic acids is 1. The fourth-order valence-corrected chi connectivity index (χ4v) is 3.51. The van der Waals surface area contributed by atoms with Crippen LogP contribution in [0.5, 0.6) is 0 Å². The Balaban J connectivity index is 1.72. The number of hydrogen-bond donors (Lipinski definition) is 3. The molecule has 1 aromatic heterocycles. The van der Waals surface area contributed by atoms with Crippen molar-refractivity contribution in [1.29, 1.82) is 0 Å². The number of benzene rings is 3. The molecule has 0 amide bonds. The van der Waals surface area contributed by atoms with E-state index in [-0.39, 0.29) is 30.4 Å².